The number of pyridine rings is 2. The number of nitrogens with zero attached hydrogens (tertiary/aromatic N) is 4. The van der Waals surface area contributed by atoms with Crippen molar-refractivity contribution in [3.05, 3.63) is 40.7 Å². The second-order valence-electron chi connectivity index (χ2n) is 7.54. The lowest BCUT2D eigenvalue weighted by atomic mass is 10.00. The average molecular weight is 421 g/mol. The molecule has 2 aromatic rings. The first-order chi connectivity index (χ1) is 15.1. The molecular weight excluding hydrogens is 398 g/mol. The van der Waals surface area contributed by atoms with Crippen LogP contribution in [0.2, 0.25) is 0 Å². The van der Waals surface area contributed by atoms with Crippen molar-refractivity contribution < 1.29 is 19.1 Å². The highest BCUT2D eigenvalue weighted by Gasteiger charge is 2.31. The molecule has 1 fully saturated rings. The summed E-state index contributed by atoms with van der Waals surface area (Å²) in [5.74, 6) is 1.50. The SMILES string of the molecule is COCCOc1cc(NC(=O)N2CCCc3cc(C4CC4)c(C=O)nc32)ncc1C#N. The number of urea groups is 1. The summed E-state index contributed by atoms with van der Waals surface area (Å²) >= 11 is 0. The second kappa shape index (κ2) is 9.10. The summed E-state index contributed by atoms with van der Waals surface area (Å²) in [6.45, 7) is 1.12. The van der Waals surface area contributed by atoms with E-state index in [1.165, 1.54) is 17.2 Å². The van der Waals surface area contributed by atoms with Crippen LogP contribution in [0.4, 0.5) is 16.4 Å². The van der Waals surface area contributed by atoms with E-state index >= 15 is 0 Å². The molecule has 0 spiro atoms. The molecular formula is C22H23N5O4. The van der Waals surface area contributed by atoms with E-state index in [0.29, 0.717) is 36.3 Å². The fourth-order valence-electron chi connectivity index (χ4n) is 3.66. The molecule has 0 radical (unpaired) electrons. The number of anilines is 2. The Morgan fingerprint density at radius 2 is 2.23 bits per heavy atom. The molecule has 1 N–H and O–H groups in total. The minimum absolute atomic E-state index is 0.258. The van der Waals surface area contributed by atoms with Crippen LogP contribution in [0.1, 0.15) is 52.4 Å². The molecule has 160 valence electrons. The monoisotopic (exact) mass is 421 g/mol. The summed E-state index contributed by atoms with van der Waals surface area (Å²) in [5, 5.41) is 12.0. The van der Waals surface area contributed by atoms with Gasteiger partial charge in [0.1, 0.15) is 41.3 Å². The quantitative estimate of drug-likeness (QED) is 0.539. The van der Waals surface area contributed by atoms with Crippen LogP contribution in [0, 0.1) is 11.3 Å². The van der Waals surface area contributed by atoms with Gasteiger partial charge in [0.05, 0.1) is 12.8 Å². The van der Waals surface area contributed by atoms with Gasteiger partial charge in [0.2, 0.25) is 0 Å². The van der Waals surface area contributed by atoms with Gasteiger partial charge < -0.3 is 9.47 Å². The van der Waals surface area contributed by atoms with E-state index in [1.807, 2.05) is 12.1 Å². The predicted octanol–water partition coefficient (Wildman–Crippen LogP) is 3.05. The zero-order chi connectivity index (χ0) is 21.8. The Kier molecular flexibility index (Phi) is 6.09. The van der Waals surface area contributed by atoms with Crippen molar-refractivity contribution in [1.82, 2.24) is 9.97 Å². The average Bonchev–Trinajstić information content (AvgIpc) is 3.63. The number of aldehydes is 1. The van der Waals surface area contributed by atoms with Crippen molar-refractivity contribution in [3.63, 3.8) is 0 Å². The highest BCUT2D eigenvalue weighted by atomic mass is 16.5. The maximum atomic E-state index is 13.0. The third-order valence-electron chi connectivity index (χ3n) is 5.36. The highest BCUT2D eigenvalue weighted by molar-refractivity contribution is 6.01. The number of nitrogens with one attached hydrogen (secondary N) is 1. The Bertz CT molecular complexity index is 1040. The number of ether oxygens (including phenoxy) is 2. The van der Waals surface area contributed by atoms with Gasteiger partial charge in [0.15, 0.2) is 6.29 Å². The van der Waals surface area contributed by atoms with Gasteiger partial charge in [-0.1, -0.05) is 0 Å². The summed E-state index contributed by atoms with van der Waals surface area (Å²) in [4.78, 5) is 34.8. The van der Waals surface area contributed by atoms with E-state index in [0.717, 1.165) is 43.1 Å². The topological polar surface area (TPSA) is 117 Å². The van der Waals surface area contributed by atoms with Gasteiger partial charge in [-0.25, -0.2) is 14.8 Å². The molecule has 31 heavy (non-hydrogen) atoms. The van der Waals surface area contributed by atoms with Gasteiger partial charge in [-0.05, 0) is 48.8 Å². The molecule has 2 amide bonds. The lowest BCUT2D eigenvalue weighted by Crippen LogP contribution is -2.39. The normalized spacial score (nSPS) is 15.0. The van der Waals surface area contributed by atoms with Crippen LogP contribution in [-0.4, -0.2) is 49.2 Å². The molecule has 0 bridgehead atoms. The van der Waals surface area contributed by atoms with Crippen molar-refractivity contribution in [2.75, 3.05) is 37.1 Å². The van der Waals surface area contributed by atoms with Crippen molar-refractivity contribution in [1.29, 1.82) is 5.26 Å². The molecule has 0 aromatic carbocycles. The van der Waals surface area contributed by atoms with Crippen molar-refractivity contribution in [2.24, 2.45) is 0 Å². The molecule has 4 rings (SSSR count). The van der Waals surface area contributed by atoms with E-state index in [2.05, 4.69) is 15.3 Å². The number of hydrogen-bond donors (Lipinski definition) is 1. The number of aryl methyl sites for hydroxylation is 1. The summed E-state index contributed by atoms with van der Waals surface area (Å²) in [5.41, 5.74) is 2.64. The summed E-state index contributed by atoms with van der Waals surface area (Å²) in [7, 11) is 1.56. The van der Waals surface area contributed by atoms with Crippen LogP contribution in [-0.2, 0) is 11.2 Å². The lowest BCUT2D eigenvalue weighted by Gasteiger charge is -2.29. The maximum absolute atomic E-state index is 13.0. The van der Waals surface area contributed by atoms with Crippen molar-refractivity contribution in [3.8, 4) is 11.8 Å². The van der Waals surface area contributed by atoms with Crippen LogP contribution < -0.4 is 15.0 Å². The van der Waals surface area contributed by atoms with Crippen LogP contribution in [0.3, 0.4) is 0 Å². The van der Waals surface area contributed by atoms with Crippen LogP contribution in [0.15, 0.2) is 18.3 Å². The zero-order valence-corrected chi connectivity index (χ0v) is 17.3. The van der Waals surface area contributed by atoms with Crippen molar-refractivity contribution in [2.45, 2.75) is 31.6 Å². The number of hydrogen-bond acceptors (Lipinski definition) is 7. The van der Waals surface area contributed by atoms with Gasteiger partial charge in [-0.3, -0.25) is 15.0 Å². The first-order valence-corrected chi connectivity index (χ1v) is 10.2. The molecule has 1 aliphatic heterocycles. The Labute approximate surface area is 180 Å². The Balaban J connectivity index is 1.55. The molecule has 9 nitrogen and oxygen atoms in total. The number of nitriles is 1. The molecule has 3 heterocycles. The summed E-state index contributed by atoms with van der Waals surface area (Å²) < 4.78 is 10.5. The number of rotatable bonds is 7. The Hall–Kier alpha value is -3.51. The van der Waals surface area contributed by atoms with Crippen LogP contribution in [0.25, 0.3) is 0 Å². The third-order valence-corrected chi connectivity index (χ3v) is 5.36. The smallest absolute Gasteiger partial charge is 0.328 e. The first-order valence-electron chi connectivity index (χ1n) is 10.2. The Morgan fingerprint density at radius 1 is 1.39 bits per heavy atom. The second-order valence-corrected chi connectivity index (χ2v) is 7.54. The number of carbonyl (C=O) groups is 2. The van der Waals surface area contributed by atoms with Crippen LogP contribution in [0.5, 0.6) is 5.75 Å². The third kappa shape index (κ3) is 4.49. The summed E-state index contributed by atoms with van der Waals surface area (Å²) in [6, 6.07) is 5.16. The number of carbonyl (C=O) groups excluding carboxylic acids is 2. The molecule has 0 unspecified atom stereocenters. The summed E-state index contributed by atoms with van der Waals surface area (Å²) in [6.07, 6.45) is 5.89. The van der Waals surface area contributed by atoms with E-state index in [-0.39, 0.29) is 18.0 Å². The van der Waals surface area contributed by atoms with Gasteiger partial charge in [-0.15, -0.1) is 0 Å². The number of methoxy groups -OCH3 is 1. The molecule has 2 aromatic heterocycles. The van der Waals surface area contributed by atoms with Crippen LogP contribution >= 0.6 is 0 Å². The largest absolute Gasteiger partial charge is 0.490 e. The first kappa shape index (κ1) is 20.8. The number of amides is 2. The Morgan fingerprint density at radius 3 is 2.94 bits per heavy atom. The molecule has 0 atom stereocenters. The highest BCUT2D eigenvalue weighted by Crippen LogP contribution is 2.43. The molecule has 1 saturated carbocycles. The van der Waals surface area contributed by atoms with E-state index in [1.54, 1.807) is 7.11 Å². The fraction of sp³-hybridized carbons (Fsp3) is 0.409. The van der Waals surface area contributed by atoms with Gasteiger partial charge in [-0.2, -0.15) is 5.26 Å². The van der Waals surface area contributed by atoms with E-state index in [9.17, 15) is 14.9 Å². The van der Waals surface area contributed by atoms with Gasteiger partial charge >= 0.3 is 6.03 Å². The lowest BCUT2D eigenvalue weighted by molar-refractivity contribution is 0.111. The minimum atomic E-state index is -0.399. The molecule has 0 saturated heterocycles. The molecule has 2 aliphatic rings. The molecule has 9 heteroatoms. The van der Waals surface area contributed by atoms with Gasteiger partial charge in [0, 0.05) is 19.7 Å². The molecule has 1 aliphatic carbocycles. The minimum Gasteiger partial charge on any atom is -0.490 e. The van der Waals surface area contributed by atoms with Gasteiger partial charge in [0.25, 0.3) is 0 Å². The van der Waals surface area contributed by atoms with Crippen molar-refractivity contribution >= 4 is 24.0 Å². The fourth-order valence-corrected chi connectivity index (χ4v) is 3.66. The number of aromatic nitrogens is 2. The van der Waals surface area contributed by atoms with E-state index < -0.39 is 6.03 Å². The zero-order valence-electron chi connectivity index (χ0n) is 17.3. The van der Waals surface area contributed by atoms with E-state index in [4.69, 9.17) is 9.47 Å². The standard InChI is InChI=1S/C22H23N5O4/c1-30-7-8-31-19-10-20(24-12-16(19)11-23)26-22(29)27-6-2-3-15-9-17(14-4-5-14)18(13-28)25-21(15)27/h9-10,12-14H,2-8H2,1H3,(H,24,26,29). The number of fused-ring (bicyclic) bond motifs is 1. The maximum Gasteiger partial charge on any atom is 0.328 e. The predicted molar refractivity (Wildman–Crippen MR) is 113 cm³/mol.